The van der Waals surface area contributed by atoms with Crippen LogP contribution < -0.4 is 9.64 Å². The molecule has 1 saturated heterocycles. The highest BCUT2D eigenvalue weighted by atomic mass is 35.5. The van der Waals surface area contributed by atoms with Crippen LogP contribution in [0, 0.1) is 17.8 Å². The molecule has 1 aliphatic carbocycles. The summed E-state index contributed by atoms with van der Waals surface area (Å²) >= 11 is 5.86. The Morgan fingerprint density at radius 3 is 2.06 bits per heavy atom. The first-order valence-electron chi connectivity index (χ1n) is 10.1. The summed E-state index contributed by atoms with van der Waals surface area (Å²) in [6.07, 6.45) is 4.49. The molecule has 1 aromatic heterocycles. The number of piperidine rings is 1. The van der Waals surface area contributed by atoms with Gasteiger partial charge in [0.25, 0.3) is 0 Å². The number of nitrogens with zero attached hydrogens (tertiary/aromatic N) is 3. The topological polar surface area (TPSA) is 72.4 Å². The van der Waals surface area contributed by atoms with Crippen LogP contribution in [0.3, 0.4) is 0 Å². The molecular formula is C23H22ClN3O3S. The lowest BCUT2D eigenvalue weighted by molar-refractivity contribution is 0.283. The zero-order valence-corrected chi connectivity index (χ0v) is 18.6. The van der Waals surface area contributed by atoms with Crippen molar-refractivity contribution < 1.29 is 13.2 Å². The Bertz CT molecular complexity index is 1170. The second kappa shape index (κ2) is 7.80. The molecule has 2 aromatic carbocycles. The van der Waals surface area contributed by atoms with E-state index < -0.39 is 9.84 Å². The van der Waals surface area contributed by atoms with Gasteiger partial charge in [-0.25, -0.2) is 18.4 Å². The van der Waals surface area contributed by atoms with Gasteiger partial charge in [-0.15, -0.1) is 0 Å². The molecule has 0 spiro atoms. The van der Waals surface area contributed by atoms with Gasteiger partial charge < -0.3 is 9.64 Å². The summed E-state index contributed by atoms with van der Waals surface area (Å²) in [5.41, 5.74) is 1.99. The van der Waals surface area contributed by atoms with Crippen LogP contribution >= 0.6 is 11.6 Å². The lowest BCUT2D eigenvalue weighted by Crippen LogP contribution is -2.27. The Morgan fingerprint density at radius 1 is 0.968 bits per heavy atom. The van der Waals surface area contributed by atoms with Crippen LogP contribution in [0.15, 0.2) is 65.8 Å². The van der Waals surface area contributed by atoms with E-state index in [0.29, 0.717) is 34.3 Å². The lowest BCUT2D eigenvalue weighted by atomic mass is 10.1. The monoisotopic (exact) mass is 455 g/mol. The Hall–Kier alpha value is -2.64. The van der Waals surface area contributed by atoms with E-state index in [4.69, 9.17) is 16.3 Å². The van der Waals surface area contributed by atoms with Gasteiger partial charge in [0.1, 0.15) is 5.75 Å². The molecule has 6 nitrogen and oxygen atoms in total. The molecule has 160 valence electrons. The molecule has 0 radical (unpaired) electrons. The maximum atomic E-state index is 11.6. The zero-order chi connectivity index (χ0) is 21.6. The van der Waals surface area contributed by atoms with Crippen LogP contribution in [-0.4, -0.2) is 44.3 Å². The van der Waals surface area contributed by atoms with E-state index in [1.165, 1.54) is 6.26 Å². The van der Waals surface area contributed by atoms with E-state index in [-0.39, 0.29) is 0 Å². The average molecular weight is 456 g/mol. The highest BCUT2D eigenvalue weighted by Gasteiger charge is 2.56. The summed E-state index contributed by atoms with van der Waals surface area (Å²) in [7, 11) is -3.18. The first-order valence-corrected chi connectivity index (χ1v) is 12.4. The maximum Gasteiger partial charge on any atom is 0.225 e. The molecule has 1 aliphatic heterocycles. The van der Waals surface area contributed by atoms with Crippen molar-refractivity contribution >= 4 is 27.4 Å². The fraction of sp³-hybridized carbons (Fsp3) is 0.304. The molecule has 8 heteroatoms. The average Bonchev–Trinajstić information content (AvgIpc) is 3.21. The van der Waals surface area contributed by atoms with E-state index in [9.17, 15) is 8.42 Å². The fourth-order valence-electron chi connectivity index (χ4n) is 4.36. The Morgan fingerprint density at radius 2 is 1.52 bits per heavy atom. The highest BCUT2D eigenvalue weighted by molar-refractivity contribution is 7.90. The number of anilines is 1. The third kappa shape index (κ3) is 4.25. The number of fused-ring (bicyclic) bond motifs is 1. The molecule has 5 rings (SSSR count). The Balaban J connectivity index is 1.14. The third-order valence-electron chi connectivity index (χ3n) is 6.17. The molecule has 2 atom stereocenters. The van der Waals surface area contributed by atoms with Crippen molar-refractivity contribution in [1.29, 1.82) is 0 Å². The summed E-state index contributed by atoms with van der Waals surface area (Å²) in [5.74, 6) is 3.43. The number of rotatable bonds is 6. The summed E-state index contributed by atoms with van der Waals surface area (Å²) in [6, 6.07) is 14.9. The number of benzene rings is 2. The predicted octanol–water partition coefficient (Wildman–Crippen LogP) is 3.96. The molecule has 31 heavy (non-hydrogen) atoms. The van der Waals surface area contributed by atoms with Gasteiger partial charge in [0, 0.05) is 25.3 Å². The fourth-order valence-corrected chi connectivity index (χ4v) is 5.09. The smallest absolute Gasteiger partial charge is 0.225 e. The first kappa shape index (κ1) is 20.3. The number of halogens is 1. The van der Waals surface area contributed by atoms with Crippen molar-refractivity contribution in [1.82, 2.24) is 9.97 Å². The molecule has 2 aliphatic rings. The summed E-state index contributed by atoms with van der Waals surface area (Å²) in [6.45, 7) is 2.64. The van der Waals surface area contributed by atoms with Gasteiger partial charge in [-0.3, -0.25) is 0 Å². The van der Waals surface area contributed by atoms with E-state index in [0.717, 1.165) is 35.9 Å². The second-order valence-electron chi connectivity index (χ2n) is 8.23. The van der Waals surface area contributed by atoms with Crippen LogP contribution in [0.25, 0.3) is 11.1 Å². The van der Waals surface area contributed by atoms with Gasteiger partial charge in [-0.1, -0.05) is 35.9 Å². The van der Waals surface area contributed by atoms with Gasteiger partial charge in [0.2, 0.25) is 5.95 Å². The molecule has 2 unspecified atom stereocenters. The zero-order valence-electron chi connectivity index (χ0n) is 17.0. The summed E-state index contributed by atoms with van der Waals surface area (Å²) in [5, 5.41) is 0.552. The molecule has 2 heterocycles. The normalized spacial score (nSPS) is 22.3. The number of hydrogen-bond acceptors (Lipinski definition) is 6. The van der Waals surface area contributed by atoms with Gasteiger partial charge in [-0.2, -0.15) is 0 Å². The summed E-state index contributed by atoms with van der Waals surface area (Å²) in [4.78, 5) is 11.2. The van der Waals surface area contributed by atoms with Crippen LogP contribution in [0.5, 0.6) is 5.75 Å². The number of hydrogen-bond donors (Lipinski definition) is 0. The molecule has 0 N–H and O–H groups in total. The predicted molar refractivity (Wildman–Crippen MR) is 120 cm³/mol. The number of sulfone groups is 1. The minimum atomic E-state index is -3.18. The van der Waals surface area contributed by atoms with Crippen LogP contribution in [0.1, 0.15) is 0 Å². The van der Waals surface area contributed by atoms with E-state index >= 15 is 0 Å². The Labute approximate surface area is 186 Å². The van der Waals surface area contributed by atoms with Gasteiger partial charge in [-0.05, 0) is 47.2 Å². The van der Waals surface area contributed by atoms with Crippen LogP contribution in [0.2, 0.25) is 5.02 Å². The van der Waals surface area contributed by atoms with Crippen molar-refractivity contribution in [2.45, 2.75) is 4.90 Å². The standard InChI is InChI=1S/C23H22ClN3O3S/c1-31(28,29)19-8-4-16(5-9-19)15-2-6-18(7-3-15)30-14-22-20-12-27(13-21(20)22)23-25-10-17(24)11-26-23/h2-11,20-22H,12-14H2,1H3. The van der Waals surface area contributed by atoms with Gasteiger partial charge in [0.15, 0.2) is 9.84 Å². The van der Waals surface area contributed by atoms with Crippen molar-refractivity contribution in [3.05, 3.63) is 65.9 Å². The van der Waals surface area contributed by atoms with Crippen molar-refractivity contribution in [2.75, 3.05) is 30.9 Å². The SMILES string of the molecule is CS(=O)(=O)c1ccc(-c2ccc(OCC3C4CN(c5ncc(Cl)cn5)CC34)cc2)cc1. The molecule has 2 fully saturated rings. The molecular weight excluding hydrogens is 434 g/mol. The van der Waals surface area contributed by atoms with E-state index in [2.05, 4.69) is 14.9 Å². The minimum Gasteiger partial charge on any atom is -0.493 e. The molecule has 0 bridgehead atoms. The summed E-state index contributed by atoms with van der Waals surface area (Å²) < 4.78 is 29.2. The number of ether oxygens (including phenoxy) is 1. The molecule has 3 aromatic rings. The van der Waals surface area contributed by atoms with Crippen LogP contribution in [-0.2, 0) is 9.84 Å². The first-order chi connectivity index (χ1) is 14.9. The van der Waals surface area contributed by atoms with Crippen molar-refractivity contribution in [3.8, 4) is 16.9 Å². The lowest BCUT2D eigenvalue weighted by Gasteiger charge is -2.19. The van der Waals surface area contributed by atoms with Crippen molar-refractivity contribution in [3.63, 3.8) is 0 Å². The number of aromatic nitrogens is 2. The highest BCUT2D eigenvalue weighted by Crippen LogP contribution is 2.52. The van der Waals surface area contributed by atoms with Gasteiger partial charge in [0.05, 0.1) is 28.9 Å². The second-order valence-corrected chi connectivity index (χ2v) is 10.7. The van der Waals surface area contributed by atoms with Crippen molar-refractivity contribution in [2.24, 2.45) is 17.8 Å². The quantitative estimate of drug-likeness (QED) is 0.560. The largest absolute Gasteiger partial charge is 0.493 e. The molecule has 0 amide bonds. The maximum absolute atomic E-state index is 11.6. The third-order valence-corrected chi connectivity index (χ3v) is 7.50. The molecule has 1 saturated carbocycles. The van der Waals surface area contributed by atoms with Crippen LogP contribution in [0.4, 0.5) is 5.95 Å². The Kier molecular flexibility index (Phi) is 5.10. The van der Waals surface area contributed by atoms with Gasteiger partial charge >= 0.3 is 0 Å². The van der Waals surface area contributed by atoms with E-state index in [1.54, 1.807) is 24.5 Å². The minimum absolute atomic E-state index is 0.326. The van der Waals surface area contributed by atoms with E-state index in [1.807, 2.05) is 36.4 Å².